The van der Waals surface area contributed by atoms with Crippen LogP contribution in [0.4, 0.5) is 0 Å². The van der Waals surface area contributed by atoms with Gasteiger partial charge in [-0.3, -0.25) is 4.90 Å². The molecule has 0 spiro atoms. The molecule has 19 heavy (non-hydrogen) atoms. The summed E-state index contributed by atoms with van der Waals surface area (Å²) in [5, 5.41) is 0.665. The van der Waals surface area contributed by atoms with Gasteiger partial charge in [-0.15, -0.1) is 0 Å². The number of likely N-dealkylation sites (N-methyl/N-ethyl adjacent to an activating group) is 1. The van der Waals surface area contributed by atoms with Gasteiger partial charge in [0.15, 0.2) is 0 Å². The molecular weight excluding hydrogens is 262 g/mol. The average molecular weight is 284 g/mol. The summed E-state index contributed by atoms with van der Waals surface area (Å²) < 4.78 is 5.17. The van der Waals surface area contributed by atoms with E-state index in [1.165, 1.54) is 5.56 Å². The minimum atomic E-state index is 0.416. The molecule has 1 fully saturated rings. The molecule has 0 bridgehead atoms. The van der Waals surface area contributed by atoms with E-state index < -0.39 is 0 Å². The van der Waals surface area contributed by atoms with Crippen molar-refractivity contribution in [1.29, 1.82) is 0 Å². The zero-order chi connectivity index (χ0) is 13.8. The summed E-state index contributed by atoms with van der Waals surface area (Å²) in [5.41, 5.74) is 7.07. The highest BCUT2D eigenvalue weighted by atomic mass is 35.5. The molecule has 0 aromatic heterocycles. The van der Waals surface area contributed by atoms with E-state index in [1.807, 2.05) is 12.1 Å². The Balaban J connectivity index is 2.05. The fraction of sp³-hybridized carbons (Fsp3) is 0.571. The van der Waals surface area contributed by atoms with Gasteiger partial charge in [0.05, 0.1) is 12.1 Å². The van der Waals surface area contributed by atoms with Crippen LogP contribution in [0, 0.1) is 0 Å². The van der Waals surface area contributed by atoms with Crippen LogP contribution in [-0.2, 0) is 6.54 Å². The number of methoxy groups -OCH3 is 1. The Labute approximate surface area is 120 Å². The van der Waals surface area contributed by atoms with Crippen molar-refractivity contribution >= 4 is 11.6 Å². The van der Waals surface area contributed by atoms with Crippen LogP contribution >= 0.6 is 11.6 Å². The topological polar surface area (TPSA) is 41.7 Å². The van der Waals surface area contributed by atoms with Gasteiger partial charge in [-0.25, -0.2) is 0 Å². The molecule has 0 saturated carbocycles. The van der Waals surface area contributed by atoms with Gasteiger partial charge < -0.3 is 15.4 Å². The number of nitrogens with zero attached hydrogens (tertiary/aromatic N) is 2. The Morgan fingerprint density at radius 3 is 2.84 bits per heavy atom. The quantitative estimate of drug-likeness (QED) is 0.908. The summed E-state index contributed by atoms with van der Waals surface area (Å²) in [6.45, 7) is 4.73. The number of rotatable bonds is 4. The maximum absolute atomic E-state index is 6.16. The fourth-order valence-corrected chi connectivity index (χ4v) is 2.80. The molecule has 0 radical (unpaired) electrons. The summed E-state index contributed by atoms with van der Waals surface area (Å²) in [6.07, 6.45) is 0. The van der Waals surface area contributed by atoms with Crippen LogP contribution in [0.3, 0.4) is 0 Å². The lowest BCUT2D eigenvalue weighted by Crippen LogP contribution is -2.54. The zero-order valence-corrected chi connectivity index (χ0v) is 12.4. The number of ether oxygens (including phenoxy) is 1. The van der Waals surface area contributed by atoms with Gasteiger partial charge in [0.2, 0.25) is 0 Å². The Morgan fingerprint density at radius 2 is 2.21 bits per heavy atom. The van der Waals surface area contributed by atoms with E-state index in [-0.39, 0.29) is 0 Å². The van der Waals surface area contributed by atoms with Crippen molar-refractivity contribution in [3.63, 3.8) is 0 Å². The minimum absolute atomic E-state index is 0.416. The third kappa shape index (κ3) is 3.60. The molecule has 1 atom stereocenters. The standard InChI is InChI=1S/C14H22ClN3O/c1-17-5-6-18(12(8-16)10-17)9-11-3-4-14(19-2)13(15)7-11/h3-4,7,12H,5-6,8-10,16H2,1-2H3. The van der Waals surface area contributed by atoms with Gasteiger partial charge in [-0.2, -0.15) is 0 Å². The maximum Gasteiger partial charge on any atom is 0.137 e. The molecular formula is C14H22ClN3O. The van der Waals surface area contributed by atoms with Crippen molar-refractivity contribution in [3.8, 4) is 5.75 Å². The van der Waals surface area contributed by atoms with E-state index >= 15 is 0 Å². The van der Waals surface area contributed by atoms with E-state index in [4.69, 9.17) is 22.1 Å². The van der Waals surface area contributed by atoms with Gasteiger partial charge in [-0.1, -0.05) is 17.7 Å². The SMILES string of the molecule is COc1ccc(CN2CCN(C)CC2CN)cc1Cl. The molecule has 0 aliphatic carbocycles. The van der Waals surface area contributed by atoms with Gasteiger partial charge in [0.1, 0.15) is 5.75 Å². The smallest absolute Gasteiger partial charge is 0.137 e. The number of piperazine rings is 1. The average Bonchev–Trinajstić information content (AvgIpc) is 2.41. The summed E-state index contributed by atoms with van der Waals surface area (Å²) in [6, 6.07) is 6.38. The number of nitrogens with two attached hydrogens (primary N) is 1. The Bertz CT molecular complexity index is 427. The molecule has 1 aliphatic heterocycles. The predicted octanol–water partition coefficient (Wildman–Crippen LogP) is 1.42. The molecule has 0 amide bonds. The third-order valence-corrected chi connectivity index (χ3v) is 3.98. The summed E-state index contributed by atoms with van der Waals surface area (Å²) in [7, 11) is 3.77. The zero-order valence-electron chi connectivity index (χ0n) is 11.6. The second-order valence-corrected chi connectivity index (χ2v) is 5.50. The van der Waals surface area contributed by atoms with Crippen molar-refractivity contribution in [3.05, 3.63) is 28.8 Å². The first-order chi connectivity index (χ1) is 9.13. The van der Waals surface area contributed by atoms with Crippen molar-refractivity contribution in [2.75, 3.05) is 40.3 Å². The monoisotopic (exact) mass is 283 g/mol. The highest BCUT2D eigenvalue weighted by Gasteiger charge is 2.24. The van der Waals surface area contributed by atoms with Crippen LogP contribution in [0.25, 0.3) is 0 Å². The highest BCUT2D eigenvalue weighted by molar-refractivity contribution is 6.32. The molecule has 2 N–H and O–H groups in total. The van der Waals surface area contributed by atoms with Crippen LogP contribution in [0.1, 0.15) is 5.56 Å². The van der Waals surface area contributed by atoms with Crippen LogP contribution in [0.5, 0.6) is 5.75 Å². The van der Waals surface area contributed by atoms with E-state index in [0.29, 0.717) is 17.6 Å². The van der Waals surface area contributed by atoms with Crippen molar-refractivity contribution in [1.82, 2.24) is 9.80 Å². The first-order valence-electron chi connectivity index (χ1n) is 6.59. The van der Waals surface area contributed by atoms with Crippen LogP contribution in [0.15, 0.2) is 18.2 Å². The Kier molecular flexibility index (Phi) is 5.05. The van der Waals surface area contributed by atoms with E-state index in [9.17, 15) is 0 Å². The predicted molar refractivity (Wildman–Crippen MR) is 78.8 cm³/mol. The van der Waals surface area contributed by atoms with Crippen molar-refractivity contribution in [2.45, 2.75) is 12.6 Å². The second-order valence-electron chi connectivity index (χ2n) is 5.09. The Hall–Kier alpha value is -0.810. The Morgan fingerprint density at radius 1 is 1.42 bits per heavy atom. The molecule has 4 nitrogen and oxygen atoms in total. The largest absolute Gasteiger partial charge is 0.495 e. The first-order valence-corrected chi connectivity index (χ1v) is 6.97. The molecule has 5 heteroatoms. The number of hydrogen-bond donors (Lipinski definition) is 1. The molecule has 1 unspecified atom stereocenters. The van der Waals surface area contributed by atoms with E-state index in [2.05, 4.69) is 22.9 Å². The lowest BCUT2D eigenvalue weighted by Gasteiger charge is -2.39. The summed E-state index contributed by atoms with van der Waals surface area (Å²) in [5.74, 6) is 0.721. The molecule has 1 saturated heterocycles. The molecule has 1 aliphatic rings. The van der Waals surface area contributed by atoms with E-state index in [1.54, 1.807) is 7.11 Å². The lowest BCUT2D eigenvalue weighted by molar-refractivity contribution is 0.0881. The highest BCUT2D eigenvalue weighted by Crippen LogP contribution is 2.26. The van der Waals surface area contributed by atoms with Crippen LogP contribution < -0.4 is 10.5 Å². The van der Waals surface area contributed by atoms with Gasteiger partial charge in [0, 0.05) is 38.8 Å². The van der Waals surface area contributed by atoms with Crippen molar-refractivity contribution < 1.29 is 4.74 Å². The fourth-order valence-electron chi connectivity index (χ4n) is 2.52. The van der Waals surface area contributed by atoms with E-state index in [0.717, 1.165) is 31.9 Å². The number of hydrogen-bond acceptors (Lipinski definition) is 4. The van der Waals surface area contributed by atoms with Gasteiger partial charge >= 0.3 is 0 Å². The van der Waals surface area contributed by atoms with Gasteiger partial charge in [0.25, 0.3) is 0 Å². The lowest BCUT2D eigenvalue weighted by atomic mass is 10.1. The maximum atomic E-state index is 6.16. The summed E-state index contributed by atoms with van der Waals surface area (Å²) in [4.78, 5) is 4.76. The first kappa shape index (κ1) is 14.6. The second kappa shape index (κ2) is 6.57. The molecule has 1 heterocycles. The normalized spacial score (nSPS) is 21.6. The molecule has 2 rings (SSSR count). The van der Waals surface area contributed by atoms with Crippen LogP contribution in [0.2, 0.25) is 5.02 Å². The summed E-state index contributed by atoms with van der Waals surface area (Å²) >= 11 is 6.16. The molecule has 1 aromatic rings. The third-order valence-electron chi connectivity index (χ3n) is 3.68. The number of benzene rings is 1. The van der Waals surface area contributed by atoms with Crippen molar-refractivity contribution in [2.24, 2.45) is 5.73 Å². The number of halogens is 1. The molecule has 106 valence electrons. The van der Waals surface area contributed by atoms with Gasteiger partial charge in [-0.05, 0) is 24.7 Å². The molecule has 1 aromatic carbocycles. The van der Waals surface area contributed by atoms with Crippen LogP contribution in [-0.4, -0.2) is 56.2 Å². The minimum Gasteiger partial charge on any atom is -0.495 e.